The number of sulfonamides is 1. The van der Waals surface area contributed by atoms with Crippen molar-refractivity contribution in [3.63, 3.8) is 0 Å². The maximum Gasteiger partial charge on any atom is 0.263 e. The second kappa shape index (κ2) is 8.68. The summed E-state index contributed by atoms with van der Waals surface area (Å²) in [6.45, 7) is -0.199. The maximum absolute atomic E-state index is 12.9. The third-order valence-corrected chi connectivity index (χ3v) is 5.93. The molecule has 146 valence electrons. The van der Waals surface area contributed by atoms with Crippen LogP contribution in [-0.4, -0.2) is 30.9 Å². The lowest BCUT2D eigenvalue weighted by Gasteiger charge is -2.13. The van der Waals surface area contributed by atoms with Crippen LogP contribution in [0, 0.1) is 0 Å². The third kappa shape index (κ3) is 4.86. The Morgan fingerprint density at radius 1 is 1.18 bits per heavy atom. The molecule has 3 aromatic rings. The van der Waals surface area contributed by atoms with Gasteiger partial charge in [0.25, 0.3) is 15.9 Å². The highest BCUT2D eigenvalue weighted by Crippen LogP contribution is 2.23. The molecule has 0 aliphatic carbocycles. The lowest BCUT2D eigenvalue weighted by Crippen LogP contribution is -2.16. The van der Waals surface area contributed by atoms with Crippen molar-refractivity contribution in [3.05, 3.63) is 76.4 Å². The number of halogens is 1. The van der Waals surface area contributed by atoms with Crippen LogP contribution in [0.15, 0.2) is 68.7 Å². The Bertz CT molecular complexity index is 1060. The number of carbonyl (C=O) groups is 1. The molecule has 9 heteroatoms. The van der Waals surface area contributed by atoms with Crippen LogP contribution < -0.4 is 4.72 Å². The molecule has 2 N–H and O–H groups in total. The molecule has 1 heterocycles. The van der Waals surface area contributed by atoms with Gasteiger partial charge in [0.2, 0.25) is 5.78 Å². The van der Waals surface area contributed by atoms with Gasteiger partial charge in [-0.15, -0.1) is 0 Å². The molecule has 2 aromatic carbocycles. The van der Waals surface area contributed by atoms with Crippen molar-refractivity contribution in [2.24, 2.45) is 0 Å². The molecule has 0 aliphatic rings. The summed E-state index contributed by atoms with van der Waals surface area (Å²) in [4.78, 5) is 16.0. The molecule has 0 bridgehead atoms. The molecule has 0 aliphatic heterocycles. The van der Waals surface area contributed by atoms with Crippen molar-refractivity contribution in [2.75, 3.05) is 11.3 Å². The van der Waals surface area contributed by atoms with Crippen LogP contribution in [-0.2, 0) is 22.9 Å². The van der Waals surface area contributed by atoms with E-state index in [4.69, 9.17) is 4.42 Å². The lowest BCUT2D eigenvalue weighted by atomic mass is 10.1. The predicted octanol–water partition coefficient (Wildman–Crippen LogP) is 3.20. The average molecular weight is 465 g/mol. The third-order valence-electron chi connectivity index (χ3n) is 3.93. The summed E-state index contributed by atoms with van der Waals surface area (Å²) in [5.41, 5.74) is 1.36. The van der Waals surface area contributed by atoms with E-state index in [0.717, 1.165) is 4.47 Å². The number of aliphatic hydroxyl groups excluding tert-OH is 1. The summed E-state index contributed by atoms with van der Waals surface area (Å²) >= 11 is 3.30. The number of nitrogens with one attached hydrogen (secondary N) is 1. The summed E-state index contributed by atoms with van der Waals surface area (Å²) in [7, 11) is -3.92. The highest BCUT2D eigenvalue weighted by Gasteiger charge is 2.21. The molecule has 0 amide bonds. The van der Waals surface area contributed by atoms with Gasteiger partial charge < -0.3 is 9.52 Å². The van der Waals surface area contributed by atoms with Crippen molar-refractivity contribution < 1.29 is 22.7 Å². The number of nitrogens with zero attached hydrogens (tertiary/aromatic N) is 1. The molecule has 0 radical (unpaired) electrons. The summed E-state index contributed by atoms with van der Waals surface area (Å²) in [5, 5.41) is 9.27. The van der Waals surface area contributed by atoms with Gasteiger partial charge in [0.05, 0.1) is 11.1 Å². The van der Waals surface area contributed by atoms with E-state index in [0.29, 0.717) is 16.8 Å². The molecule has 3 rings (SSSR count). The minimum absolute atomic E-state index is 0.0159. The number of carbonyl (C=O) groups excluding carboxylic acids is 1. The van der Waals surface area contributed by atoms with Gasteiger partial charge >= 0.3 is 0 Å². The van der Waals surface area contributed by atoms with E-state index in [1.54, 1.807) is 36.4 Å². The van der Waals surface area contributed by atoms with Gasteiger partial charge in [0, 0.05) is 23.2 Å². The van der Waals surface area contributed by atoms with Crippen molar-refractivity contribution >= 4 is 37.4 Å². The Balaban J connectivity index is 1.92. The number of benzene rings is 2. The molecule has 0 saturated carbocycles. The van der Waals surface area contributed by atoms with Crippen molar-refractivity contribution in [1.29, 1.82) is 0 Å². The Morgan fingerprint density at radius 2 is 1.93 bits per heavy atom. The first-order valence-electron chi connectivity index (χ1n) is 8.33. The molecule has 0 spiro atoms. The fourth-order valence-electron chi connectivity index (χ4n) is 2.64. The molecule has 0 fully saturated rings. The smallest absolute Gasteiger partial charge is 0.263 e. The number of ketones is 1. The molecule has 28 heavy (non-hydrogen) atoms. The van der Waals surface area contributed by atoms with Gasteiger partial charge in [0.1, 0.15) is 6.26 Å². The molecular weight excluding hydrogens is 448 g/mol. The number of Topliss-reactive ketones (excluding diaryl/α,β-unsaturated/α-hetero) is 1. The zero-order valence-corrected chi connectivity index (χ0v) is 17.0. The fourth-order valence-corrected chi connectivity index (χ4v) is 4.28. The van der Waals surface area contributed by atoms with Crippen LogP contribution in [0.25, 0.3) is 0 Å². The molecular formula is C19H17BrN2O5S. The van der Waals surface area contributed by atoms with Gasteiger partial charge in [-0.05, 0) is 47.9 Å². The van der Waals surface area contributed by atoms with E-state index in [9.17, 15) is 18.3 Å². The van der Waals surface area contributed by atoms with Gasteiger partial charge in [-0.25, -0.2) is 13.4 Å². The van der Waals surface area contributed by atoms with E-state index in [-0.39, 0.29) is 36.0 Å². The predicted molar refractivity (Wildman–Crippen MR) is 107 cm³/mol. The Morgan fingerprint density at radius 3 is 2.57 bits per heavy atom. The van der Waals surface area contributed by atoms with Crippen LogP contribution in [0.5, 0.6) is 0 Å². The molecule has 7 nitrogen and oxygen atoms in total. The maximum atomic E-state index is 12.9. The monoisotopic (exact) mass is 464 g/mol. The van der Waals surface area contributed by atoms with E-state index >= 15 is 0 Å². The lowest BCUT2D eigenvalue weighted by molar-refractivity contribution is 0.0959. The van der Waals surface area contributed by atoms with Crippen LogP contribution in [0.4, 0.5) is 5.69 Å². The van der Waals surface area contributed by atoms with E-state index in [2.05, 4.69) is 25.6 Å². The van der Waals surface area contributed by atoms with Crippen molar-refractivity contribution in [3.8, 4) is 0 Å². The molecule has 0 unspecified atom stereocenters. The summed E-state index contributed by atoms with van der Waals surface area (Å²) < 4.78 is 34.2. The number of anilines is 1. The van der Waals surface area contributed by atoms with E-state index < -0.39 is 10.0 Å². The number of oxazole rings is 1. The number of hydrogen-bond donors (Lipinski definition) is 2. The number of rotatable bonds is 8. The first-order valence-corrected chi connectivity index (χ1v) is 10.6. The standard InChI is InChI=1S/C19H17BrN2O5S/c20-15-3-5-16(6-4-15)22-28(25,26)18-12-13(1-2-14(18)7-9-23)11-17(24)19-21-8-10-27-19/h1-6,8,10,12,22-23H,7,9,11H2. The first kappa shape index (κ1) is 20.2. The van der Waals surface area contributed by atoms with Gasteiger partial charge in [-0.3, -0.25) is 9.52 Å². The Labute approximate surface area is 170 Å². The summed E-state index contributed by atoms with van der Waals surface area (Å²) in [5.74, 6) is -0.388. The fraction of sp³-hybridized carbons (Fsp3) is 0.158. The molecule has 0 saturated heterocycles. The second-order valence-corrected chi connectivity index (χ2v) is 8.53. The van der Waals surface area contributed by atoms with E-state index in [1.165, 1.54) is 18.5 Å². The zero-order valence-electron chi connectivity index (χ0n) is 14.6. The quantitative estimate of drug-likeness (QED) is 0.495. The SMILES string of the molecule is O=C(Cc1ccc(CCO)c(S(=O)(=O)Nc2ccc(Br)cc2)c1)c1ncco1. The first-order chi connectivity index (χ1) is 13.4. The second-order valence-electron chi connectivity index (χ2n) is 5.97. The van der Waals surface area contributed by atoms with Crippen molar-refractivity contribution in [2.45, 2.75) is 17.7 Å². The largest absolute Gasteiger partial charge is 0.442 e. The highest BCUT2D eigenvalue weighted by molar-refractivity contribution is 9.10. The number of hydrogen-bond acceptors (Lipinski definition) is 6. The van der Waals surface area contributed by atoms with E-state index in [1.807, 2.05) is 0 Å². The number of aliphatic hydroxyl groups is 1. The van der Waals surface area contributed by atoms with Crippen LogP contribution in [0.2, 0.25) is 0 Å². The highest BCUT2D eigenvalue weighted by atomic mass is 79.9. The average Bonchev–Trinajstić information content (AvgIpc) is 3.20. The topological polar surface area (TPSA) is 110 Å². The van der Waals surface area contributed by atoms with Gasteiger partial charge in [-0.2, -0.15) is 0 Å². The van der Waals surface area contributed by atoms with Gasteiger partial charge in [-0.1, -0.05) is 28.1 Å². The van der Waals surface area contributed by atoms with Crippen LogP contribution in [0.1, 0.15) is 21.8 Å². The summed E-state index contributed by atoms with van der Waals surface area (Å²) in [6.07, 6.45) is 2.79. The molecule has 1 aromatic heterocycles. The van der Waals surface area contributed by atoms with Crippen molar-refractivity contribution in [1.82, 2.24) is 4.98 Å². The Kier molecular flexibility index (Phi) is 6.28. The minimum atomic E-state index is -3.92. The number of aromatic nitrogens is 1. The molecule has 0 atom stereocenters. The zero-order chi connectivity index (χ0) is 20.1. The minimum Gasteiger partial charge on any atom is -0.442 e. The Hall–Kier alpha value is -2.49. The van der Waals surface area contributed by atoms with Crippen LogP contribution in [0.3, 0.4) is 0 Å². The normalized spacial score (nSPS) is 11.4. The van der Waals surface area contributed by atoms with Gasteiger partial charge in [0.15, 0.2) is 0 Å². The van der Waals surface area contributed by atoms with Crippen LogP contribution >= 0.6 is 15.9 Å². The summed E-state index contributed by atoms with van der Waals surface area (Å²) in [6, 6.07) is 11.4.